The number of amides is 2. The van der Waals surface area contributed by atoms with Crippen LogP contribution in [0.5, 0.6) is 0 Å². The Hall–Kier alpha value is -2.73. The SMILES string of the molecule is CCc1ccccc1NC(=O)c1ccnc(C(=O)NCCOC)c1. The Morgan fingerprint density at radius 1 is 1.17 bits per heavy atom. The summed E-state index contributed by atoms with van der Waals surface area (Å²) in [7, 11) is 1.56. The molecule has 0 spiro atoms. The quantitative estimate of drug-likeness (QED) is 0.765. The van der Waals surface area contributed by atoms with Crippen molar-refractivity contribution >= 4 is 17.5 Å². The maximum Gasteiger partial charge on any atom is 0.269 e. The predicted molar refractivity (Wildman–Crippen MR) is 92.2 cm³/mol. The Morgan fingerprint density at radius 3 is 2.71 bits per heavy atom. The van der Waals surface area contributed by atoms with Crippen LogP contribution >= 0.6 is 0 Å². The lowest BCUT2D eigenvalue weighted by Crippen LogP contribution is -2.28. The molecule has 1 heterocycles. The van der Waals surface area contributed by atoms with Crippen molar-refractivity contribution in [2.75, 3.05) is 25.6 Å². The number of aryl methyl sites for hydroxylation is 1. The number of para-hydroxylation sites is 1. The van der Waals surface area contributed by atoms with E-state index in [2.05, 4.69) is 15.6 Å². The fourth-order valence-corrected chi connectivity index (χ4v) is 2.20. The van der Waals surface area contributed by atoms with Crippen LogP contribution in [0.25, 0.3) is 0 Å². The van der Waals surface area contributed by atoms with Crippen molar-refractivity contribution in [1.29, 1.82) is 0 Å². The van der Waals surface area contributed by atoms with Gasteiger partial charge in [0.15, 0.2) is 0 Å². The molecule has 0 fully saturated rings. The Balaban J connectivity index is 2.10. The molecule has 6 heteroatoms. The molecule has 2 rings (SSSR count). The summed E-state index contributed by atoms with van der Waals surface area (Å²) in [6.07, 6.45) is 2.27. The van der Waals surface area contributed by atoms with Crippen LogP contribution < -0.4 is 10.6 Å². The second-order valence-electron chi connectivity index (χ2n) is 5.14. The number of ether oxygens (including phenoxy) is 1. The van der Waals surface area contributed by atoms with Gasteiger partial charge < -0.3 is 15.4 Å². The van der Waals surface area contributed by atoms with Gasteiger partial charge in [0, 0.05) is 31.1 Å². The maximum atomic E-state index is 12.4. The topological polar surface area (TPSA) is 80.3 Å². The van der Waals surface area contributed by atoms with Gasteiger partial charge in [-0.1, -0.05) is 25.1 Å². The number of carbonyl (C=O) groups excluding carboxylic acids is 2. The molecular weight excluding hydrogens is 306 g/mol. The zero-order valence-electron chi connectivity index (χ0n) is 13.8. The number of benzene rings is 1. The summed E-state index contributed by atoms with van der Waals surface area (Å²) in [6, 6.07) is 10.7. The van der Waals surface area contributed by atoms with Gasteiger partial charge in [-0.25, -0.2) is 0 Å². The molecule has 0 saturated heterocycles. The minimum absolute atomic E-state index is 0.197. The van der Waals surface area contributed by atoms with Gasteiger partial charge in [-0.05, 0) is 30.2 Å². The molecule has 126 valence electrons. The number of aromatic nitrogens is 1. The van der Waals surface area contributed by atoms with Crippen LogP contribution in [-0.2, 0) is 11.2 Å². The largest absolute Gasteiger partial charge is 0.383 e. The van der Waals surface area contributed by atoms with Gasteiger partial charge in [0.2, 0.25) is 0 Å². The molecule has 0 aliphatic carbocycles. The fraction of sp³-hybridized carbons (Fsp3) is 0.278. The predicted octanol–water partition coefficient (Wildman–Crippen LogP) is 2.27. The second kappa shape index (κ2) is 8.79. The Labute approximate surface area is 141 Å². The normalized spacial score (nSPS) is 10.2. The number of rotatable bonds is 7. The van der Waals surface area contributed by atoms with Gasteiger partial charge >= 0.3 is 0 Å². The second-order valence-corrected chi connectivity index (χ2v) is 5.14. The van der Waals surface area contributed by atoms with E-state index in [-0.39, 0.29) is 17.5 Å². The van der Waals surface area contributed by atoms with E-state index in [0.717, 1.165) is 17.7 Å². The summed E-state index contributed by atoms with van der Waals surface area (Å²) >= 11 is 0. The van der Waals surface area contributed by atoms with Crippen LogP contribution in [0, 0.1) is 0 Å². The van der Waals surface area contributed by atoms with E-state index in [4.69, 9.17) is 4.74 Å². The third-order valence-corrected chi connectivity index (χ3v) is 3.49. The Kier molecular flexibility index (Phi) is 6.45. The van der Waals surface area contributed by atoms with Crippen molar-refractivity contribution in [3.8, 4) is 0 Å². The highest BCUT2D eigenvalue weighted by molar-refractivity contribution is 6.06. The molecule has 1 aromatic heterocycles. The molecule has 0 radical (unpaired) electrons. The summed E-state index contributed by atoms with van der Waals surface area (Å²) in [6.45, 7) is 2.83. The molecule has 2 amide bonds. The molecule has 2 aromatic rings. The van der Waals surface area contributed by atoms with E-state index >= 15 is 0 Å². The average molecular weight is 327 g/mol. The monoisotopic (exact) mass is 327 g/mol. The van der Waals surface area contributed by atoms with E-state index < -0.39 is 0 Å². The number of carbonyl (C=O) groups is 2. The lowest BCUT2D eigenvalue weighted by Gasteiger charge is -2.10. The Bertz CT molecular complexity index is 716. The minimum atomic E-state index is -0.337. The highest BCUT2D eigenvalue weighted by Crippen LogP contribution is 2.16. The number of anilines is 1. The number of nitrogens with zero attached hydrogens (tertiary/aromatic N) is 1. The molecule has 0 aliphatic heterocycles. The number of pyridine rings is 1. The molecule has 0 aliphatic rings. The van der Waals surface area contributed by atoms with Gasteiger partial charge in [-0.2, -0.15) is 0 Å². The first kappa shape index (κ1) is 17.6. The highest BCUT2D eigenvalue weighted by atomic mass is 16.5. The van der Waals surface area contributed by atoms with Crippen LogP contribution in [0.3, 0.4) is 0 Å². The third kappa shape index (κ3) is 4.63. The van der Waals surface area contributed by atoms with Gasteiger partial charge in [-0.15, -0.1) is 0 Å². The number of hydrogen-bond acceptors (Lipinski definition) is 4. The van der Waals surface area contributed by atoms with Crippen LogP contribution in [-0.4, -0.2) is 37.1 Å². The van der Waals surface area contributed by atoms with Crippen LogP contribution in [0.1, 0.15) is 33.3 Å². The summed E-state index contributed by atoms with van der Waals surface area (Å²) in [4.78, 5) is 28.4. The zero-order valence-corrected chi connectivity index (χ0v) is 13.8. The minimum Gasteiger partial charge on any atom is -0.383 e. The molecule has 6 nitrogen and oxygen atoms in total. The van der Waals surface area contributed by atoms with Crippen molar-refractivity contribution in [2.24, 2.45) is 0 Å². The van der Waals surface area contributed by atoms with Crippen molar-refractivity contribution in [3.63, 3.8) is 0 Å². The summed E-state index contributed by atoms with van der Waals surface area (Å²) < 4.78 is 4.88. The van der Waals surface area contributed by atoms with Crippen LogP contribution in [0.15, 0.2) is 42.6 Å². The smallest absolute Gasteiger partial charge is 0.269 e. The van der Waals surface area contributed by atoms with E-state index in [0.29, 0.717) is 18.7 Å². The van der Waals surface area contributed by atoms with Crippen molar-refractivity contribution < 1.29 is 14.3 Å². The van der Waals surface area contributed by atoms with Gasteiger partial charge in [0.05, 0.1) is 6.61 Å². The van der Waals surface area contributed by atoms with Crippen LogP contribution in [0.2, 0.25) is 0 Å². The number of hydrogen-bond donors (Lipinski definition) is 2. The van der Waals surface area contributed by atoms with E-state index in [1.807, 2.05) is 31.2 Å². The molecule has 1 aromatic carbocycles. The van der Waals surface area contributed by atoms with Gasteiger partial charge in [0.1, 0.15) is 5.69 Å². The van der Waals surface area contributed by atoms with Crippen molar-refractivity contribution in [3.05, 3.63) is 59.4 Å². The maximum absolute atomic E-state index is 12.4. The first-order chi connectivity index (χ1) is 11.7. The molecule has 0 atom stereocenters. The highest BCUT2D eigenvalue weighted by Gasteiger charge is 2.12. The molecule has 0 bridgehead atoms. The van der Waals surface area contributed by atoms with Crippen molar-refractivity contribution in [2.45, 2.75) is 13.3 Å². The lowest BCUT2D eigenvalue weighted by atomic mass is 10.1. The van der Waals surface area contributed by atoms with Crippen molar-refractivity contribution in [1.82, 2.24) is 10.3 Å². The van der Waals surface area contributed by atoms with Gasteiger partial charge in [0.25, 0.3) is 11.8 Å². The number of nitrogens with one attached hydrogen (secondary N) is 2. The molecular formula is C18H21N3O3. The molecule has 0 unspecified atom stereocenters. The average Bonchev–Trinajstić information content (AvgIpc) is 2.62. The number of methoxy groups -OCH3 is 1. The Morgan fingerprint density at radius 2 is 1.96 bits per heavy atom. The first-order valence-electron chi connectivity index (χ1n) is 7.78. The summed E-state index contributed by atoms with van der Waals surface area (Å²) in [5.74, 6) is -0.611. The van der Waals surface area contributed by atoms with E-state index in [1.165, 1.54) is 12.3 Å². The van der Waals surface area contributed by atoms with Gasteiger partial charge in [-0.3, -0.25) is 14.6 Å². The zero-order chi connectivity index (χ0) is 17.4. The fourth-order valence-electron chi connectivity index (χ4n) is 2.20. The third-order valence-electron chi connectivity index (χ3n) is 3.49. The first-order valence-corrected chi connectivity index (χ1v) is 7.78. The standard InChI is InChI=1S/C18H21N3O3/c1-3-13-6-4-5-7-15(13)21-17(22)14-8-9-19-16(12-14)18(23)20-10-11-24-2/h4-9,12H,3,10-11H2,1-2H3,(H,20,23)(H,21,22). The molecule has 2 N–H and O–H groups in total. The summed E-state index contributed by atoms with van der Waals surface area (Å²) in [5, 5.41) is 5.55. The molecule has 0 saturated carbocycles. The van der Waals surface area contributed by atoms with E-state index in [9.17, 15) is 9.59 Å². The molecule has 24 heavy (non-hydrogen) atoms. The lowest BCUT2D eigenvalue weighted by molar-refractivity contribution is 0.0932. The van der Waals surface area contributed by atoms with Crippen LogP contribution in [0.4, 0.5) is 5.69 Å². The van der Waals surface area contributed by atoms with E-state index in [1.54, 1.807) is 13.2 Å². The summed E-state index contributed by atoms with van der Waals surface area (Å²) in [5.41, 5.74) is 2.40.